The molecule has 0 unspecified atom stereocenters. The van der Waals surface area contributed by atoms with Gasteiger partial charge in [0.15, 0.2) is 0 Å². The van der Waals surface area contributed by atoms with Crippen LogP contribution < -0.4 is 4.74 Å². The third-order valence-corrected chi connectivity index (χ3v) is 4.85. The van der Waals surface area contributed by atoms with Crippen LogP contribution in [0.5, 0.6) is 5.75 Å². The van der Waals surface area contributed by atoms with Gasteiger partial charge in [-0.05, 0) is 36.8 Å². The molecule has 1 heterocycles. The van der Waals surface area contributed by atoms with E-state index in [0.29, 0.717) is 24.7 Å². The van der Waals surface area contributed by atoms with E-state index in [1.807, 2.05) is 61.5 Å². The summed E-state index contributed by atoms with van der Waals surface area (Å²) in [6, 6.07) is 17.0. The third kappa shape index (κ3) is 6.34. The molecule has 0 aliphatic carbocycles. The van der Waals surface area contributed by atoms with E-state index in [1.54, 1.807) is 0 Å². The van der Waals surface area contributed by atoms with E-state index in [4.69, 9.17) is 19.0 Å². The highest BCUT2D eigenvalue weighted by atomic mass is 16.5. The molecule has 0 saturated carbocycles. The number of oxazole rings is 1. The Labute approximate surface area is 186 Å². The second-order valence-electron chi connectivity index (χ2n) is 7.17. The number of aliphatic carboxylic acids is 1. The molecule has 8 nitrogen and oxygen atoms in total. The molecule has 0 aliphatic heterocycles. The van der Waals surface area contributed by atoms with Gasteiger partial charge in [0.05, 0.1) is 25.8 Å². The van der Waals surface area contributed by atoms with E-state index >= 15 is 0 Å². The largest absolute Gasteiger partial charge is 0.493 e. The zero-order valence-electron chi connectivity index (χ0n) is 18.1. The van der Waals surface area contributed by atoms with Gasteiger partial charge in [-0.1, -0.05) is 30.3 Å². The molecule has 2 aromatic carbocycles. The first-order chi connectivity index (χ1) is 15.5. The fourth-order valence-corrected chi connectivity index (χ4v) is 3.14. The molecule has 0 saturated heterocycles. The van der Waals surface area contributed by atoms with Gasteiger partial charge in [0.25, 0.3) is 0 Å². The molecule has 1 N–H and O–H groups in total. The lowest BCUT2D eigenvalue weighted by Crippen LogP contribution is -2.32. The Morgan fingerprint density at radius 2 is 1.81 bits per heavy atom. The monoisotopic (exact) mass is 438 g/mol. The van der Waals surface area contributed by atoms with Crippen LogP contribution in [0.15, 0.2) is 59.0 Å². The fourth-order valence-electron chi connectivity index (χ4n) is 3.14. The Morgan fingerprint density at radius 1 is 1.09 bits per heavy atom. The number of carboxylic acids is 1. The number of aryl methyl sites for hydroxylation is 1. The Balaban J connectivity index is 1.53. The van der Waals surface area contributed by atoms with E-state index < -0.39 is 12.1 Å². The third-order valence-electron chi connectivity index (χ3n) is 4.85. The van der Waals surface area contributed by atoms with Gasteiger partial charge in [0.1, 0.15) is 11.5 Å². The molecule has 0 spiro atoms. The van der Waals surface area contributed by atoms with Crippen LogP contribution in [-0.2, 0) is 22.5 Å². The number of rotatable bonds is 10. The van der Waals surface area contributed by atoms with Gasteiger partial charge < -0.3 is 23.9 Å². The molecule has 0 atom stereocenters. The Morgan fingerprint density at radius 3 is 2.47 bits per heavy atom. The predicted molar refractivity (Wildman–Crippen MR) is 117 cm³/mol. The Kier molecular flexibility index (Phi) is 7.85. The summed E-state index contributed by atoms with van der Waals surface area (Å²) in [6.07, 6.45) is -0.108. The molecule has 0 fully saturated rings. The van der Waals surface area contributed by atoms with Gasteiger partial charge in [-0.15, -0.1) is 0 Å². The first kappa shape index (κ1) is 22.9. The molecular formula is C24H26N2O6. The van der Waals surface area contributed by atoms with Crippen molar-refractivity contribution in [2.75, 3.05) is 20.3 Å². The van der Waals surface area contributed by atoms with Crippen molar-refractivity contribution in [3.05, 3.63) is 71.6 Å². The lowest BCUT2D eigenvalue weighted by molar-refractivity contribution is -0.137. The van der Waals surface area contributed by atoms with Crippen LogP contribution in [0.1, 0.15) is 23.4 Å². The number of aromatic nitrogens is 1. The SMILES string of the molecule is COC(=O)N(CCC(=O)O)Cc1ccc(OCCc2nc(-c3ccccc3)oc2C)cc1. The van der Waals surface area contributed by atoms with E-state index in [2.05, 4.69) is 4.98 Å². The number of carboxylic acid groups (broad SMARTS) is 1. The van der Waals surface area contributed by atoms with Crippen LogP contribution in [0.3, 0.4) is 0 Å². The molecule has 168 valence electrons. The summed E-state index contributed by atoms with van der Waals surface area (Å²) in [5, 5.41) is 8.85. The number of nitrogens with zero attached hydrogens (tertiary/aromatic N) is 2. The Hall–Kier alpha value is -3.81. The number of benzene rings is 2. The smallest absolute Gasteiger partial charge is 0.409 e. The first-order valence-corrected chi connectivity index (χ1v) is 10.2. The molecular weight excluding hydrogens is 412 g/mol. The molecule has 3 aromatic rings. The number of amides is 1. The fraction of sp³-hybridized carbons (Fsp3) is 0.292. The number of carbonyl (C=O) groups is 2. The van der Waals surface area contributed by atoms with Crippen molar-refractivity contribution in [1.29, 1.82) is 0 Å². The quantitative estimate of drug-likeness (QED) is 0.503. The minimum atomic E-state index is -0.971. The summed E-state index contributed by atoms with van der Waals surface area (Å²) in [7, 11) is 1.27. The molecule has 8 heteroatoms. The van der Waals surface area contributed by atoms with Gasteiger partial charge in [-0.25, -0.2) is 9.78 Å². The molecule has 1 amide bonds. The minimum Gasteiger partial charge on any atom is -0.493 e. The average molecular weight is 438 g/mol. The van der Waals surface area contributed by atoms with Gasteiger partial charge in [-0.2, -0.15) is 0 Å². The minimum absolute atomic E-state index is 0.0717. The van der Waals surface area contributed by atoms with Gasteiger partial charge >= 0.3 is 12.1 Å². The van der Waals surface area contributed by atoms with E-state index in [9.17, 15) is 9.59 Å². The highest BCUT2D eigenvalue weighted by Crippen LogP contribution is 2.22. The Bertz CT molecular complexity index is 1030. The van der Waals surface area contributed by atoms with Crippen molar-refractivity contribution in [2.24, 2.45) is 0 Å². The summed E-state index contributed by atoms with van der Waals surface area (Å²) in [5.41, 5.74) is 2.63. The van der Waals surface area contributed by atoms with Crippen molar-refractivity contribution in [3.8, 4) is 17.2 Å². The van der Waals surface area contributed by atoms with Gasteiger partial charge in [0.2, 0.25) is 5.89 Å². The van der Waals surface area contributed by atoms with E-state index in [1.165, 1.54) is 12.0 Å². The topological polar surface area (TPSA) is 102 Å². The maximum Gasteiger partial charge on any atom is 0.409 e. The molecule has 0 aliphatic rings. The van der Waals surface area contributed by atoms with Crippen LogP contribution in [0.4, 0.5) is 4.79 Å². The van der Waals surface area contributed by atoms with Crippen molar-refractivity contribution >= 4 is 12.1 Å². The summed E-state index contributed by atoms with van der Waals surface area (Å²) < 4.78 is 16.3. The average Bonchev–Trinajstić information content (AvgIpc) is 3.18. The molecule has 3 rings (SSSR count). The number of hydrogen-bond acceptors (Lipinski definition) is 6. The van der Waals surface area contributed by atoms with Crippen molar-refractivity contribution in [3.63, 3.8) is 0 Å². The summed E-state index contributed by atoms with van der Waals surface area (Å²) in [5.74, 6) is 1.08. The first-order valence-electron chi connectivity index (χ1n) is 10.2. The van der Waals surface area contributed by atoms with Crippen molar-refractivity contribution < 1.29 is 28.6 Å². The molecule has 32 heavy (non-hydrogen) atoms. The summed E-state index contributed by atoms with van der Waals surface area (Å²) in [4.78, 5) is 28.6. The van der Waals surface area contributed by atoms with Crippen molar-refractivity contribution in [2.45, 2.75) is 26.3 Å². The number of carbonyl (C=O) groups excluding carboxylic acids is 1. The predicted octanol–water partition coefficient (Wildman–Crippen LogP) is 4.31. The number of methoxy groups -OCH3 is 1. The van der Waals surface area contributed by atoms with E-state index in [-0.39, 0.29) is 19.5 Å². The normalized spacial score (nSPS) is 10.6. The maximum absolute atomic E-state index is 11.9. The summed E-state index contributed by atoms with van der Waals surface area (Å²) in [6.45, 7) is 2.65. The van der Waals surface area contributed by atoms with Crippen LogP contribution in [0.25, 0.3) is 11.5 Å². The molecule has 1 aromatic heterocycles. The van der Waals surface area contributed by atoms with Crippen molar-refractivity contribution in [1.82, 2.24) is 9.88 Å². The second-order valence-corrected chi connectivity index (χ2v) is 7.17. The molecule has 0 bridgehead atoms. The maximum atomic E-state index is 11.9. The standard InChI is InChI=1S/C24H26N2O6/c1-17-21(25-23(32-17)19-6-4-3-5-7-19)13-15-31-20-10-8-18(9-11-20)16-26(24(29)30-2)14-12-22(27)28/h3-11H,12-16H2,1-2H3,(H,27,28). The van der Waals surface area contributed by atoms with Crippen LogP contribution in [0.2, 0.25) is 0 Å². The zero-order valence-corrected chi connectivity index (χ0v) is 18.1. The number of hydrogen-bond donors (Lipinski definition) is 1. The van der Waals surface area contributed by atoms with Crippen LogP contribution >= 0.6 is 0 Å². The summed E-state index contributed by atoms with van der Waals surface area (Å²) >= 11 is 0. The number of ether oxygens (including phenoxy) is 2. The second kappa shape index (κ2) is 11.0. The lowest BCUT2D eigenvalue weighted by Gasteiger charge is -2.20. The highest BCUT2D eigenvalue weighted by Gasteiger charge is 2.16. The van der Waals surface area contributed by atoms with Crippen LogP contribution in [-0.4, -0.2) is 47.3 Å². The zero-order chi connectivity index (χ0) is 22.9. The molecule has 0 radical (unpaired) electrons. The van der Waals surface area contributed by atoms with E-state index in [0.717, 1.165) is 22.6 Å². The highest BCUT2D eigenvalue weighted by molar-refractivity contribution is 5.70. The van der Waals surface area contributed by atoms with Gasteiger partial charge in [0, 0.05) is 25.1 Å². The van der Waals surface area contributed by atoms with Crippen LogP contribution in [0, 0.1) is 6.92 Å². The van der Waals surface area contributed by atoms with Gasteiger partial charge in [-0.3, -0.25) is 4.79 Å². The lowest BCUT2D eigenvalue weighted by atomic mass is 10.2.